The van der Waals surface area contributed by atoms with Crippen molar-refractivity contribution in [2.24, 2.45) is 0 Å². The van der Waals surface area contributed by atoms with Gasteiger partial charge in [0.1, 0.15) is 5.75 Å². The van der Waals surface area contributed by atoms with Gasteiger partial charge in [-0.1, -0.05) is 12.1 Å². The molecule has 3 aromatic heterocycles. The Bertz CT molecular complexity index is 1450. The van der Waals surface area contributed by atoms with Crippen molar-refractivity contribution in [1.29, 1.82) is 0 Å². The van der Waals surface area contributed by atoms with Gasteiger partial charge in [0.05, 0.1) is 12.5 Å². The minimum atomic E-state index is -0.406. The van der Waals surface area contributed by atoms with E-state index in [1.165, 1.54) is 12.3 Å². The Balaban J connectivity index is 1.65. The van der Waals surface area contributed by atoms with Gasteiger partial charge in [-0.25, -0.2) is 9.97 Å². The van der Waals surface area contributed by atoms with Gasteiger partial charge in [0.2, 0.25) is 5.95 Å². The smallest absolute Gasteiger partial charge is 0.283 e. The predicted octanol–water partition coefficient (Wildman–Crippen LogP) is 2.03. The summed E-state index contributed by atoms with van der Waals surface area (Å²) in [5.74, 6) is 0.712. The number of H-pyrrole nitrogens is 2. The van der Waals surface area contributed by atoms with E-state index >= 15 is 0 Å². The second-order valence-electron chi connectivity index (χ2n) is 7.64. The van der Waals surface area contributed by atoms with E-state index in [9.17, 15) is 14.4 Å². The fourth-order valence-corrected chi connectivity index (χ4v) is 4.17. The Hall–Kier alpha value is -4.01. The number of Topliss-reactive ketones (excluding diaryl/α,β-unsaturated/α-hetero) is 1. The second-order valence-corrected chi connectivity index (χ2v) is 7.64. The van der Waals surface area contributed by atoms with E-state index in [2.05, 4.69) is 20.1 Å². The summed E-state index contributed by atoms with van der Waals surface area (Å²) in [7, 11) is 1.60. The van der Waals surface area contributed by atoms with Gasteiger partial charge in [0.25, 0.3) is 11.1 Å². The van der Waals surface area contributed by atoms with Crippen LogP contribution in [-0.4, -0.2) is 37.6 Å². The fraction of sp³-hybridized carbons (Fsp3) is 0.227. The van der Waals surface area contributed by atoms with Crippen molar-refractivity contribution in [3.8, 4) is 11.7 Å². The van der Waals surface area contributed by atoms with Gasteiger partial charge in [0, 0.05) is 29.9 Å². The van der Waals surface area contributed by atoms with Crippen molar-refractivity contribution < 1.29 is 9.53 Å². The lowest BCUT2D eigenvalue weighted by molar-refractivity contribution is 0.0964. The first-order valence-corrected chi connectivity index (χ1v) is 9.82. The molecule has 9 heteroatoms. The summed E-state index contributed by atoms with van der Waals surface area (Å²) in [6.45, 7) is 1.67. The summed E-state index contributed by atoms with van der Waals surface area (Å²) in [6, 6.07) is 8.95. The Labute approximate surface area is 175 Å². The van der Waals surface area contributed by atoms with Gasteiger partial charge in [-0.05, 0) is 42.5 Å². The maximum atomic E-state index is 13.3. The molecule has 3 heterocycles. The number of rotatable bonds is 3. The lowest BCUT2D eigenvalue weighted by Gasteiger charge is -2.24. The zero-order chi connectivity index (χ0) is 21.7. The number of aromatic nitrogens is 5. The van der Waals surface area contributed by atoms with Crippen LogP contribution in [0.3, 0.4) is 0 Å². The minimum Gasteiger partial charge on any atom is -0.497 e. The van der Waals surface area contributed by atoms with E-state index in [0.717, 1.165) is 16.0 Å². The number of benzene rings is 1. The number of aromatic amines is 2. The van der Waals surface area contributed by atoms with Crippen molar-refractivity contribution in [2.45, 2.75) is 25.7 Å². The SMILES string of the molecule is COc1ccc(C2CC(=O)c3cnc4[nH]n(-c5nc(C)cc(=O)[nH]5)c(=O)c4c3C2)cc1. The highest BCUT2D eigenvalue weighted by atomic mass is 16.5. The third-order valence-electron chi connectivity index (χ3n) is 5.66. The zero-order valence-corrected chi connectivity index (χ0v) is 16.9. The first-order chi connectivity index (χ1) is 14.9. The molecular formula is C22H19N5O4. The van der Waals surface area contributed by atoms with Gasteiger partial charge in [-0.2, -0.15) is 4.68 Å². The third-order valence-corrected chi connectivity index (χ3v) is 5.66. The lowest BCUT2D eigenvalue weighted by Crippen LogP contribution is -2.24. The first kappa shape index (κ1) is 19.0. The standard InChI is InChI=1S/C22H19N5O4/c1-11-7-18(29)25-22(24-11)27-21(30)19-15-8-13(12-3-5-14(31-2)6-4-12)9-17(28)16(15)10-23-20(19)26-27/h3-7,10,13H,8-9H2,1-2H3,(H,23,26)(H,24,25,29). The third kappa shape index (κ3) is 3.14. The molecule has 1 aliphatic carbocycles. The number of ether oxygens (including phenoxy) is 1. The van der Waals surface area contributed by atoms with Crippen molar-refractivity contribution in [3.63, 3.8) is 0 Å². The van der Waals surface area contributed by atoms with Gasteiger partial charge >= 0.3 is 0 Å². The van der Waals surface area contributed by atoms with Crippen LogP contribution in [0.15, 0.2) is 46.1 Å². The summed E-state index contributed by atoms with van der Waals surface area (Å²) in [5.41, 5.74) is 2.19. The molecule has 1 atom stereocenters. The Morgan fingerprint density at radius 3 is 2.61 bits per heavy atom. The number of nitrogens with zero attached hydrogens (tertiary/aromatic N) is 3. The van der Waals surface area contributed by atoms with Crippen LogP contribution in [-0.2, 0) is 6.42 Å². The normalized spacial score (nSPS) is 15.8. The van der Waals surface area contributed by atoms with Gasteiger partial charge in [-0.15, -0.1) is 0 Å². The van der Waals surface area contributed by atoms with E-state index in [1.807, 2.05) is 24.3 Å². The van der Waals surface area contributed by atoms with Crippen LogP contribution in [0.4, 0.5) is 0 Å². The molecule has 0 radical (unpaired) electrons. The summed E-state index contributed by atoms with van der Waals surface area (Å²) < 4.78 is 6.37. The molecule has 4 aromatic rings. The number of pyridine rings is 1. The fourth-order valence-electron chi connectivity index (χ4n) is 4.17. The van der Waals surface area contributed by atoms with E-state index in [-0.39, 0.29) is 23.2 Å². The molecule has 31 heavy (non-hydrogen) atoms. The molecule has 156 valence electrons. The zero-order valence-electron chi connectivity index (χ0n) is 16.9. The number of carbonyl (C=O) groups excluding carboxylic acids is 1. The highest BCUT2D eigenvalue weighted by Gasteiger charge is 2.30. The second kappa shape index (κ2) is 7.05. The predicted molar refractivity (Wildman–Crippen MR) is 113 cm³/mol. The summed E-state index contributed by atoms with van der Waals surface area (Å²) in [4.78, 5) is 49.0. The van der Waals surface area contributed by atoms with Crippen molar-refractivity contribution in [1.82, 2.24) is 24.7 Å². The average Bonchev–Trinajstić information content (AvgIpc) is 3.10. The molecule has 0 fully saturated rings. The largest absolute Gasteiger partial charge is 0.497 e. The average molecular weight is 417 g/mol. The topological polar surface area (TPSA) is 123 Å². The summed E-state index contributed by atoms with van der Waals surface area (Å²) in [5, 5.41) is 3.24. The van der Waals surface area contributed by atoms with E-state index in [0.29, 0.717) is 40.7 Å². The lowest BCUT2D eigenvalue weighted by atomic mass is 9.79. The van der Waals surface area contributed by atoms with Crippen LogP contribution < -0.4 is 15.9 Å². The molecule has 0 saturated heterocycles. The number of ketones is 1. The van der Waals surface area contributed by atoms with Crippen LogP contribution >= 0.6 is 0 Å². The molecule has 1 aromatic carbocycles. The highest BCUT2D eigenvalue weighted by molar-refractivity contribution is 6.02. The number of carbonyl (C=O) groups is 1. The number of aryl methyl sites for hydroxylation is 1. The number of fused-ring (bicyclic) bond motifs is 3. The summed E-state index contributed by atoms with van der Waals surface area (Å²) in [6.07, 6.45) is 2.38. The van der Waals surface area contributed by atoms with Gasteiger partial charge in [0.15, 0.2) is 11.4 Å². The molecule has 0 amide bonds. The summed E-state index contributed by atoms with van der Waals surface area (Å²) >= 11 is 0. The van der Waals surface area contributed by atoms with Crippen molar-refractivity contribution in [3.05, 3.63) is 79.6 Å². The Morgan fingerprint density at radius 1 is 1.13 bits per heavy atom. The number of hydrogen-bond donors (Lipinski definition) is 2. The molecule has 1 aliphatic rings. The molecular weight excluding hydrogens is 398 g/mol. The van der Waals surface area contributed by atoms with E-state index in [4.69, 9.17) is 4.74 Å². The maximum absolute atomic E-state index is 13.3. The molecule has 0 saturated carbocycles. The molecule has 5 rings (SSSR count). The molecule has 2 N–H and O–H groups in total. The molecule has 9 nitrogen and oxygen atoms in total. The molecule has 0 spiro atoms. The van der Waals surface area contributed by atoms with Crippen molar-refractivity contribution >= 4 is 16.8 Å². The van der Waals surface area contributed by atoms with Crippen LogP contribution in [0.5, 0.6) is 5.75 Å². The quantitative estimate of drug-likeness (QED) is 0.526. The van der Waals surface area contributed by atoms with Crippen molar-refractivity contribution in [2.75, 3.05) is 7.11 Å². The number of methoxy groups -OCH3 is 1. The Morgan fingerprint density at radius 2 is 1.90 bits per heavy atom. The molecule has 0 aliphatic heterocycles. The van der Waals surface area contributed by atoms with Crippen LogP contribution in [0.25, 0.3) is 17.0 Å². The van der Waals surface area contributed by atoms with Crippen LogP contribution in [0.1, 0.15) is 39.5 Å². The van der Waals surface area contributed by atoms with Gasteiger partial charge in [-0.3, -0.25) is 24.5 Å². The number of nitrogens with one attached hydrogen (secondary N) is 2. The molecule has 0 bridgehead atoms. The molecule has 1 unspecified atom stereocenters. The van der Waals surface area contributed by atoms with E-state index < -0.39 is 5.56 Å². The first-order valence-electron chi connectivity index (χ1n) is 9.82. The van der Waals surface area contributed by atoms with Crippen LogP contribution in [0, 0.1) is 6.92 Å². The van der Waals surface area contributed by atoms with Crippen LogP contribution in [0.2, 0.25) is 0 Å². The Kier molecular flexibility index (Phi) is 4.32. The van der Waals surface area contributed by atoms with E-state index in [1.54, 1.807) is 14.0 Å². The number of hydrogen-bond acceptors (Lipinski definition) is 6. The highest BCUT2D eigenvalue weighted by Crippen LogP contribution is 2.35. The minimum absolute atomic E-state index is 0.0503. The maximum Gasteiger partial charge on any atom is 0.283 e. The van der Waals surface area contributed by atoms with Gasteiger partial charge < -0.3 is 4.74 Å². The monoisotopic (exact) mass is 417 g/mol.